The minimum Gasteiger partial charge on any atom is -0.463 e. The van der Waals surface area contributed by atoms with E-state index in [4.69, 9.17) is 9.25 Å². The van der Waals surface area contributed by atoms with E-state index < -0.39 is 5.91 Å². The summed E-state index contributed by atoms with van der Waals surface area (Å²) in [4.78, 5) is 16.2. The van der Waals surface area contributed by atoms with Crippen molar-refractivity contribution in [1.82, 2.24) is 15.7 Å². The molecule has 84 valence electrons. The minimum absolute atomic E-state index is 0.250. The summed E-state index contributed by atoms with van der Waals surface area (Å²) in [6, 6.07) is 5.13. The predicted molar refractivity (Wildman–Crippen MR) is 55.4 cm³/mol. The van der Waals surface area contributed by atoms with Gasteiger partial charge in [0.2, 0.25) is 0 Å². The summed E-state index contributed by atoms with van der Waals surface area (Å²) >= 11 is 0. The van der Waals surface area contributed by atoms with Crippen LogP contribution in [0, 0.1) is 0 Å². The van der Waals surface area contributed by atoms with Crippen molar-refractivity contribution in [3.05, 3.63) is 30.2 Å². The van der Waals surface area contributed by atoms with Gasteiger partial charge in [-0.05, 0) is 19.1 Å². The number of hydrogen-bond donors (Lipinski definition) is 2. The Morgan fingerprint density at radius 2 is 2.56 bits per heavy atom. The second-order valence-electron chi connectivity index (χ2n) is 3.01. The van der Waals surface area contributed by atoms with Gasteiger partial charge >= 0.3 is 0 Å². The number of carbonyl (C=O) groups excluding carboxylic acids is 1. The fourth-order valence-electron chi connectivity index (χ4n) is 1.19. The Hall–Kier alpha value is -2.08. The number of aromatic amines is 1. The second kappa shape index (κ2) is 4.63. The maximum Gasteiger partial charge on any atom is 0.295 e. The number of nitrogens with zero attached hydrogens (tertiary/aromatic N) is 1. The van der Waals surface area contributed by atoms with E-state index in [0.717, 1.165) is 0 Å². The number of furan rings is 1. The van der Waals surface area contributed by atoms with Crippen molar-refractivity contribution >= 4 is 5.91 Å². The topological polar surface area (TPSA) is 80.1 Å². The quantitative estimate of drug-likeness (QED) is 0.764. The van der Waals surface area contributed by atoms with Gasteiger partial charge in [0.05, 0.1) is 12.9 Å². The van der Waals surface area contributed by atoms with Gasteiger partial charge in [-0.2, -0.15) is 5.10 Å². The molecule has 2 aromatic rings. The highest BCUT2D eigenvalue weighted by molar-refractivity contribution is 5.92. The van der Waals surface area contributed by atoms with Crippen LogP contribution in [0.25, 0.3) is 11.5 Å². The molecule has 0 spiro atoms. The summed E-state index contributed by atoms with van der Waals surface area (Å²) < 4.78 is 5.16. The van der Waals surface area contributed by atoms with Crippen molar-refractivity contribution in [2.75, 3.05) is 6.61 Å². The molecule has 0 aliphatic heterocycles. The molecular weight excluding hydrogens is 210 g/mol. The lowest BCUT2D eigenvalue weighted by molar-refractivity contribution is 0.0360. The number of hydroxylamine groups is 1. The van der Waals surface area contributed by atoms with Gasteiger partial charge in [0, 0.05) is 6.07 Å². The van der Waals surface area contributed by atoms with E-state index in [1.165, 1.54) is 0 Å². The first-order valence-corrected chi connectivity index (χ1v) is 4.82. The zero-order valence-electron chi connectivity index (χ0n) is 8.69. The first-order chi connectivity index (χ1) is 7.81. The van der Waals surface area contributed by atoms with Crippen LogP contribution in [-0.4, -0.2) is 22.7 Å². The van der Waals surface area contributed by atoms with E-state index in [2.05, 4.69) is 15.7 Å². The fraction of sp³-hybridized carbons (Fsp3) is 0.200. The van der Waals surface area contributed by atoms with Crippen LogP contribution in [0.1, 0.15) is 17.4 Å². The van der Waals surface area contributed by atoms with E-state index in [0.29, 0.717) is 18.1 Å². The van der Waals surface area contributed by atoms with Crippen molar-refractivity contribution in [1.29, 1.82) is 0 Å². The van der Waals surface area contributed by atoms with Crippen molar-refractivity contribution in [2.24, 2.45) is 0 Å². The highest BCUT2D eigenvalue weighted by Crippen LogP contribution is 2.17. The lowest BCUT2D eigenvalue weighted by Gasteiger charge is -1.98. The Labute approximate surface area is 91.6 Å². The second-order valence-corrected chi connectivity index (χ2v) is 3.01. The molecule has 6 nitrogen and oxygen atoms in total. The van der Waals surface area contributed by atoms with Gasteiger partial charge < -0.3 is 4.42 Å². The largest absolute Gasteiger partial charge is 0.463 e. The van der Waals surface area contributed by atoms with Gasteiger partial charge in [-0.3, -0.25) is 14.7 Å². The molecule has 0 aromatic carbocycles. The predicted octanol–water partition coefficient (Wildman–Crippen LogP) is 1.35. The molecule has 0 atom stereocenters. The maximum atomic E-state index is 11.4. The SMILES string of the molecule is CCONC(=O)c1cc(-c2ccco2)[nH]n1. The van der Waals surface area contributed by atoms with E-state index in [9.17, 15) is 4.79 Å². The third-order valence-corrected chi connectivity index (χ3v) is 1.91. The molecule has 1 amide bonds. The number of aromatic nitrogens is 2. The van der Waals surface area contributed by atoms with E-state index in [1.807, 2.05) is 0 Å². The Morgan fingerprint density at radius 3 is 3.25 bits per heavy atom. The minimum atomic E-state index is -0.393. The molecule has 0 bridgehead atoms. The van der Waals surface area contributed by atoms with Crippen LogP contribution in [-0.2, 0) is 4.84 Å². The third-order valence-electron chi connectivity index (χ3n) is 1.91. The third kappa shape index (κ3) is 2.12. The summed E-state index contributed by atoms with van der Waals surface area (Å²) in [5, 5.41) is 6.55. The molecule has 6 heteroatoms. The lowest BCUT2D eigenvalue weighted by Crippen LogP contribution is -2.23. The molecule has 0 radical (unpaired) electrons. The molecule has 16 heavy (non-hydrogen) atoms. The van der Waals surface area contributed by atoms with Crippen LogP contribution in [0.2, 0.25) is 0 Å². The Kier molecular flexibility index (Phi) is 3.02. The molecule has 2 rings (SSSR count). The number of nitrogens with one attached hydrogen (secondary N) is 2. The summed E-state index contributed by atoms with van der Waals surface area (Å²) in [5.41, 5.74) is 3.15. The summed E-state index contributed by atoms with van der Waals surface area (Å²) in [7, 11) is 0. The average Bonchev–Trinajstić information content (AvgIpc) is 2.94. The van der Waals surface area contributed by atoms with Gasteiger partial charge in [0.1, 0.15) is 5.69 Å². The molecular formula is C10H11N3O3. The molecule has 0 fully saturated rings. The summed E-state index contributed by atoms with van der Waals surface area (Å²) in [6.45, 7) is 2.18. The lowest BCUT2D eigenvalue weighted by atomic mass is 10.3. The van der Waals surface area contributed by atoms with Gasteiger partial charge in [-0.25, -0.2) is 5.48 Å². The standard InChI is InChI=1S/C10H11N3O3/c1-2-16-13-10(14)8-6-7(11-12-8)9-4-3-5-15-9/h3-6H,2H2,1H3,(H,11,12)(H,13,14). The van der Waals surface area contributed by atoms with E-state index >= 15 is 0 Å². The molecule has 2 heterocycles. The molecule has 0 saturated carbocycles. The number of carbonyl (C=O) groups is 1. The number of rotatable bonds is 4. The van der Waals surface area contributed by atoms with Crippen molar-refractivity contribution in [3.8, 4) is 11.5 Å². The fourth-order valence-corrected chi connectivity index (χ4v) is 1.19. The normalized spacial score (nSPS) is 10.3. The Morgan fingerprint density at radius 1 is 1.69 bits per heavy atom. The zero-order chi connectivity index (χ0) is 11.4. The highest BCUT2D eigenvalue weighted by atomic mass is 16.6. The molecule has 0 aliphatic rings. The summed E-state index contributed by atoms with van der Waals surface area (Å²) in [6.07, 6.45) is 1.55. The van der Waals surface area contributed by atoms with Crippen LogP contribution in [0.5, 0.6) is 0 Å². The van der Waals surface area contributed by atoms with Crippen LogP contribution >= 0.6 is 0 Å². The van der Waals surface area contributed by atoms with Crippen LogP contribution in [0.3, 0.4) is 0 Å². The average molecular weight is 221 g/mol. The van der Waals surface area contributed by atoms with E-state index in [1.54, 1.807) is 31.4 Å². The van der Waals surface area contributed by atoms with Crippen LogP contribution < -0.4 is 5.48 Å². The van der Waals surface area contributed by atoms with E-state index in [-0.39, 0.29) is 5.69 Å². The van der Waals surface area contributed by atoms with Crippen LogP contribution in [0.15, 0.2) is 28.9 Å². The van der Waals surface area contributed by atoms with Crippen molar-refractivity contribution in [2.45, 2.75) is 6.92 Å². The van der Waals surface area contributed by atoms with Gasteiger partial charge in [-0.15, -0.1) is 0 Å². The highest BCUT2D eigenvalue weighted by Gasteiger charge is 2.12. The van der Waals surface area contributed by atoms with Crippen molar-refractivity contribution < 1.29 is 14.0 Å². The molecule has 2 N–H and O–H groups in total. The van der Waals surface area contributed by atoms with Crippen molar-refractivity contribution in [3.63, 3.8) is 0 Å². The molecule has 2 aromatic heterocycles. The number of hydrogen-bond acceptors (Lipinski definition) is 4. The monoisotopic (exact) mass is 221 g/mol. The van der Waals surface area contributed by atoms with Gasteiger partial charge in [0.15, 0.2) is 11.5 Å². The first kappa shape index (κ1) is 10.4. The molecule has 0 unspecified atom stereocenters. The van der Waals surface area contributed by atoms with Gasteiger partial charge in [-0.1, -0.05) is 0 Å². The molecule has 0 saturated heterocycles. The summed E-state index contributed by atoms with van der Waals surface area (Å²) in [5.74, 6) is 0.235. The van der Waals surface area contributed by atoms with Gasteiger partial charge in [0.25, 0.3) is 5.91 Å². The number of amides is 1. The smallest absolute Gasteiger partial charge is 0.295 e. The molecule has 0 aliphatic carbocycles. The first-order valence-electron chi connectivity index (χ1n) is 4.82. The number of H-pyrrole nitrogens is 1. The Balaban J connectivity index is 2.11. The van der Waals surface area contributed by atoms with Crippen LogP contribution in [0.4, 0.5) is 0 Å². The zero-order valence-corrected chi connectivity index (χ0v) is 8.69. The maximum absolute atomic E-state index is 11.4. The Bertz CT molecular complexity index is 461.